The van der Waals surface area contributed by atoms with Gasteiger partial charge in [-0.15, -0.1) is 0 Å². The summed E-state index contributed by atoms with van der Waals surface area (Å²) in [5, 5.41) is 27.4. The summed E-state index contributed by atoms with van der Waals surface area (Å²) in [5.41, 5.74) is 5.53. The summed E-state index contributed by atoms with van der Waals surface area (Å²) in [6.07, 6.45) is -1.91. The van der Waals surface area contributed by atoms with E-state index >= 15 is 0 Å². The summed E-state index contributed by atoms with van der Waals surface area (Å²) < 4.78 is 5.02. The van der Waals surface area contributed by atoms with Crippen molar-refractivity contribution in [2.45, 2.75) is 30.8 Å². The molecule has 1 fully saturated rings. The highest BCUT2D eigenvalue weighted by molar-refractivity contribution is 4.84. The summed E-state index contributed by atoms with van der Waals surface area (Å²) in [6, 6.07) is -0.528. The highest BCUT2D eigenvalue weighted by Gasteiger charge is 2.31. The molecule has 1 saturated heterocycles. The molecule has 0 aliphatic carbocycles. The molecule has 0 amide bonds. The zero-order valence-corrected chi connectivity index (χ0v) is 6.76. The number of aliphatic hydroxyl groups is 3. The van der Waals surface area contributed by atoms with Crippen molar-refractivity contribution in [3.63, 3.8) is 0 Å². The van der Waals surface area contributed by atoms with Crippen LogP contribution in [0.25, 0.3) is 0 Å². The summed E-state index contributed by atoms with van der Waals surface area (Å²) in [5.74, 6) is 0. The Hall–Kier alpha value is -0.200. The Morgan fingerprint density at radius 1 is 1.42 bits per heavy atom. The van der Waals surface area contributed by atoms with Gasteiger partial charge in [0.25, 0.3) is 0 Å². The molecule has 1 aliphatic heterocycles. The topological polar surface area (TPSA) is 95.9 Å². The fraction of sp³-hybridized carbons (Fsp3) is 1.00. The first-order chi connectivity index (χ1) is 5.65. The van der Waals surface area contributed by atoms with Crippen molar-refractivity contribution in [3.8, 4) is 0 Å². The highest BCUT2D eigenvalue weighted by atomic mass is 16.5. The van der Waals surface area contributed by atoms with Gasteiger partial charge in [0.05, 0.1) is 25.4 Å². The average Bonchev–Trinajstić information content (AvgIpc) is 2.14. The van der Waals surface area contributed by atoms with Crippen LogP contribution in [0.15, 0.2) is 0 Å². The maximum absolute atomic E-state index is 9.41. The Labute approximate surface area is 70.8 Å². The molecule has 0 aromatic rings. The van der Waals surface area contributed by atoms with Crippen LogP contribution < -0.4 is 5.73 Å². The third-order valence-electron chi connectivity index (χ3n) is 2.05. The van der Waals surface area contributed by atoms with Crippen LogP contribution in [0.5, 0.6) is 0 Å². The maximum atomic E-state index is 9.41. The second-order valence-electron chi connectivity index (χ2n) is 3.10. The van der Waals surface area contributed by atoms with Crippen LogP contribution >= 0.6 is 0 Å². The molecule has 0 radical (unpaired) electrons. The quantitative estimate of drug-likeness (QED) is 0.365. The minimum atomic E-state index is -0.896. The summed E-state index contributed by atoms with van der Waals surface area (Å²) in [6.45, 7) is -0.155. The first-order valence-corrected chi connectivity index (χ1v) is 3.99. The van der Waals surface area contributed by atoms with Gasteiger partial charge in [-0.3, -0.25) is 0 Å². The average molecular weight is 177 g/mol. The number of hydrogen-bond acceptors (Lipinski definition) is 5. The van der Waals surface area contributed by atoms with Gasteiger partial charge in [0.15, 0.2) is 0 Å². The molecule has 1 rings (SSSR count). The van der Waals surface area contributed by atoms with E-state index in [0.29, 0.717) is 6.42 Å². The predicted molar refractivity (Wildman–Crippen MR) is 41.4 cm³/mol. The fourth-order valence-electron chi connectivity index (χ4n) is 1.29. The SMILES string of the molecule is N[C@@H]1C[C@H](O)CO[C@@H](CO)[C@H]1O. The number of hydrogen-bond donors (Lipinski definition) is 4. The molecule has 72 valence electrons. The minimum Gasteiger partial charge on any atom is -0.394 e. The number of nitrogens with two attached hydrogens (primary N) is 1. The Morgan fingerprint density at radius 2 is 2.08 bits per heavy atom. The fourth-order valence-corrected chi connectivity index (χ4v) is 1.29. The van der Waals surface area contributed by atoms with E-state index in [-0.39, 0.29) is 13.2 Å². The third kappa shape index (κ3) is 2.15. The van der Waals surface area contributed by atoms with E-state index in [4.69, 9.17) is 15.6 Å². The van der Waals surface area contributed by atoms with Gasteiger partial charge in [-0.1, -0.05) is 0 Å². The second-order valence-corrected chi connectivity index (χ2v) is 3.10. The lowest BCUT2D eigenvalue weighted by molar-refractivity contribution is -0.0686. The smallest absolute Gasteiger partial charge is 0.108 e. The molecule has 4 atom stereocenters. The van der Waals surface area contributed by atoms with Crippen molar-refractivity contribution in [1.29, 1.82) is 0 Å². The Bertz CT molecular complexity index is 143. The first kappa shape index (κ1) is 9.88. The predicted octanol–water partition coefficient (Wildman–Crippen LogP) is -2.18. The molecule has 0 unspecified atom stereocenters. The van der Waals surface area contributed by atoms with Crippen molar-refractivity contribution >= 4 is 0 Å². The highest BCUT2D eigenvalue weighted by Crippen LogP contribution is 2.13. The number of aliphatic hydroxyl groups excluding tert-OH is 3. The molecule has 5 nitrogen and oxygen atoms in total. The van der Waals surface area contributed by atoms with E-state index in [2.05, 4.69) is 0 Å². The van der Waals surface area contributed by atoms with Gasteiger partial charge in [0.2, 0.25) is 0 Å². The van der Waals surface area contributed by atoms with Gasteiger partial charge in [-0.2, -0.15) is 0 Å². The molecule has 5 N–H and O–H groups in total. The molecule has 0 spiro atoms. The van der Waals surface area contributed by atoms with E-state index in [1.807, 2.05) is 0 Å². The first-order valence-electron chi connectivity index (χ1n) is 3.99. The molecule has 1 heterocycles. The van der Waals surface area contributed by atoms with Gasteiger partial charge >= 0.3 is 0 Å². The maximum Gasteiger partial charge on any atom is 0.108 e. The molecular weight excluding hydrogens is 162 g/mol. The number of rotatable bonds is 1. The Balaban J connectivity index is 2.56. The van der Waals surface area contributed by atoms with Crippen molar-refractivity contribution in [1.82, 2.24) is 0 Å². The third-order valence-corrected chi connectivity index (χ3v) is 2.05. The summed E-state index contributed by atoms with van der Waals surface area (Å²) >= 11 is 0. The summed E-state index contributed by atoms with van der Waals surface area (Å²) in [4.78, 5) is 0. The lowest BCUT2D eigenvalue weighted by atomic mass is 10.0. The van der Waals surface area contributed by atoms with E-state index in [9.17, 15) is 10.2 Å². The van der Waals surface area contributed by atoms with Crippen molar-refractivity contribution in [2.24, 2.45) is 5.73 Å². The van der Waals surface area contributed by atoms with Gasteiger partial charge in [-0.25, -0.2) is 0 Å². The van der Waals surface area contributed by atoms with Crippen LogP contribution in [0.4, 0.5) is 0 Å². The van der Waals surface area contributed by atoms with Crippen LogP contribution in [-0.4, -0.2) is 52.9 Å². The molecule has 0 aromatic carbocycles. The zero-order valence-electron chi connectivity index (χ0n) is 6.76. The zero-order chi connectivity index (χ0) is 9.14. The summed E-state index contributed by atoms with van der Waals surface area (Å²) in [7, 11) is 0. The molecule has 12 heavy (non-hydrogen) atoms. The number of ether oxygens (including phenoxy) is 1. The molecule has 5 heteroatoms. The van der Waals surface area contributed by atoms with Crippen molar-refractivity contribution < 1.29 is 20.1 Å². The monoisotopic (exact) mass is 177 g/mol. The van der Waals surface area contributed by atoms with Crippen LogP contribution in [0.3, 0.4) is 0 Å². The molecule has 0 aromatic heterocycles. The van der Waals surface area contributed by atoms with Crippen LogP contribution in [0.2, 0.25) is 0 Å². The van der Waals surface area contributed by atoms with E-state index in [1.54, 1.807) is 0 Å². The van der Waals surface area contributed by atoms with Gasteiger partial charge in [0.1, 0.15) is 6.10 Å². The van der Waals surface area contributed by atoms with Crippen LogP contribution in [-0.2, 0) is 4.74 Å². The minimum absolute atomic E-state index is 0.121. The molecule has 0 bridgehead atoms. The Morgan fingerprint density at radius 3 is 2.67 bits per heavy atom. The van der Waals surface area contributed by atoms with Crippen LogP contribution in [0.1, 0.15) is 6.42 Å². The second kappa shape index (κ2) is 4.15. The van der Waals surface area contributed by atoms with E-state index < -0.39 is 24.4 Å². The van der Waals surface area contributed by atoms with Crippen molar-refractivity contribution in [2.75, 3.05) is 13.2 Å². The normalized spacial score (nSPS) is 44.0. The van der Waals surface area contributed by atoms with E-state index in [0.717, 1.165) is 0 Å². The van der Waals surface area contributed by atoms with Crippen LogP contribution in [0, 0.1) is 0 Å². The van der Waals surface area contributed by atoms with Gasteiger partial charge < -0.3 is 25.8 Å². The molecular formula is C7H15NO4. The Kier molecular flexibility index (Phi) is 3.42. The lowest BCUT2D eigenvalue weighted by Crippen LogP contribution is -2.44. The lowest BCUT2D eigenvalue weighted by Gasteiger charge is -2.21. The largest absolute Gasteiger partial charge is 0.394 e. The molecule has 0 saturated carbocycles. The van der Waals surface area contributed by atoms with Crippen molar-refractivity contribution in [3.05, 3.63) is 0 Å². The molecule has 1 aliphatic rings. The standard InChI is InChI=1S/C7H15NO4/c8-5-1-4(10)3-12-6(2-9)7(5)11/h4-7,9-11H,1-3,8H2/t4-,5+,6-,7-/m0/s1. The van der Waals surface area contributed by atoms with Gasteiger partial charge in [0, 0.05) is 6.04 Å². The van der Waals surface area contributed by atoms with Gasteiger partial charge in [-0.05, 0) is 6.42 Å². The van der Waals surface area contributed by atoms with E-state index in [1.165, 1.54) is 0 Å².